The first kappa shape index (κ1) is 12.2. The quantitative estimate of drug-likeness (QED) is 0.690. The van der Waals surface area contributed by atoms with Gasteiger partial charge < -0.3 is 9.64 Å². The van der Waals surface area contributed by atoms with Gasteiger partial charge in [-0.25, -0.2) is 9.80 Å². The van der Waals surface area contributed by atoms with E-state index in [2.05, 4.69) is 5.01 Å². The minimum atomic E-state index is -0.417. The van der Waals surface area contributed by atoms with E-state index in [1.54, 1.807) is 12.0 Å². The summed E-state index contributed by atoms with van der Waals surface area (Å²) in [5.41, 5.74) is -0.216. The Bertz CT molecular complexity index is 373. The molecule has 6 heteroatoms. The Morgan fingerprint density at radius 2 is 1.94 bits per heavy atom. The zero-order chi connectivity index (χ0) is 13.1. The van der Waals surface area contributed by atoms with Crippen LogP contribution in [0, 0.1) is 5.41 Å². The summed E-state index contributed by atoms with van der Waals surface area (Å²) in [6.45, 7) is 9.29. The third kappa shape index (κ3) is 1.63. The van der Waals surface area contributed by atoms with Crippen LogP contribution in [0.25, 0.3) is 0 Å². The normalized spacial score (nSPS) is 33.2. The Morgan fingerprint density at radius 3 is 2.44 bits per heavy atom. The maximum Gasteiger partial charge on any atom is 0.410 e. The van der Waals surface area contributed by atoms with Crippen molar-refractivity contribution >= 4 is 6.09 Å². The van der Waals surface area contributed by atoms with E-state index in [4.69, 9.17) is 9.57 Å². The van der Waals surface area contributed by atoms with Gasteiger partial charge in [0, 0.05) is 31.6 Å². The topological polar surface area (TPSA) is 45.2 Å². The van der Waals surface area contributed by atoms with Crippen molar-refractivity contribution < 1.29 is 14.4 Å². The third-order valence-electron chi connectivity index (χ3n) is 3.98. The van der Waals surface area contributed by atoms with E-state index in [-0.39, 0.29) is 11.5 Å². The van der Waals surface area contributed by atoms with Gasteiger partial charge >= 0.3 is 6.09 Å². The average Bonchev–Trinajstić information content (AvgIpc) is 2.65. The van der Waals surface area contributed by atoms with Gasteiger partial charge in [0.1, 0.15) is 5.60 Å². The smallest absolute Gasteiger partial charge is 0.410 e. The molecule has 2 bridgehead atoms. The van der Waals surface area contributed by atoms with Gasteiger partial charge in [-0.3, -0.25) is 4.84 Å². The van der Waals surface area contributed by atoms with Crippen molar-refractivity contribution in [1.29, 1.82) is 0 Å². The molecule has 0 radical (unpaired) electrons. The summed E-state index contributed by atoms with van der Waals surface area (Å²) in [4.78, 5) is 19.0. The molecule has 6 nitrogen and oxygen atoms in total. The second-order valence-electron chi connectivity index (χ2n) is 6.55. The molecular formula is C12H21N3O3. The zero-order valence-corrected chi connectivity index (χ0v) is 11.5. The van der Waals surface area contributed by atoms with Crippen molar-refractivity contribution in [2.75, 3.05) is 33.3 Å². The second-order valence-corrected chi connectivity index (χ2v) is 6.55. The van der Waals surface area contributed by atoms with E-state index in [9.17, 15) is 4.79 Å². The standard InChI is InChI=1S/C12H21N3O3/c1-11(2,3)18-10(16)13-6-12(7-13)8-14-5-9(12)15(14)17-4/h9H,5-8H2,1-4H3. The van der Waals surface area contributed by atoms with Crippen molar-refractivity contribution in [3.8, 4) is 0 Å². The molecule has 18 heavy (non-hydrogen) atoms. The van der Waals surface area contributed by atoms with Gasteiger partial charge in [0.05, 0.1) is 13.2 Å². The van der Waals surface area contributed by atoms with Gasteiger partial charge in [-0.2, -0.15) is 0 Å². The Balaban J connectivity index is 1.57. The molecule has 2 atom stereocenters. The molecule has 4 aliphatic rings. The van der Waals surface area contributed by atoms with Crippen LogP contribution in [0.15, 0.2) is 0 Å². The maximum absolute atomic E-state index is 11.9. The molecule has 1 spiro atoms. The summed E-state index contributed by atoms with van der Waals surface area (Å²) in [6, 6.07) is 0.432. The van der Waals surface area contributed by atoms with Crippen LogP contribution in [-0.4, -0.2) is 66.1 Å². The van der Waals surface area contributed by atoms with Crippen molar-refractivity contribution in [3.05, 3.63) is 0 Å². The van der Waals surface area contributed by atoms with Crippen LogP contribution >= 0.6 is 0 Å². The molecule has 2 unspecified atom stereocenters. The van der Waals surface area contributed by atoms with Gasteiger partial charge in [0.15, 0.2) is 0 Å². The number of amides is 1. The van der Waals surface area contributed by atoms with Gasteiger partial charge in [0.2, 0.25) is 0 Å². The fourth-order valence-corrected chi connectivity index (χ4v) is 3.20. The summed E-state index contributed by atoms with van der Waals surface area (Å²) in [7, 11) is 1.70. The number of hydrogen-bond donors (Lipinski definition) is 0. The summed E-state index contributed by atoms with van der Waals surface area (Å²) in [5, 5.41) is 4.13. The van der Waals surface area contributed by atoms with Gasteiger partial charge in [-0.05, 0) is 20.8 Å². The van der Waals surface area contributed by atoms with Gasteiger partial charge in [0.25, 0.3) is 0 Å². The van der Waals surface area contributed by atoms with E-state index in [0.717, 1.165) is 26.2 Å². The van der Waals surface area contributed by atoms with Crippen LogP contribution in [0.4, 0.5) is 4.79 Å². The van der Waals surface area contributed by atoms with Crippen LogP contribution in [0.3, 0.4) is 0 Å². The van der Waals surface area contributed by atoms with Crippen LogP contribution in [0.5, 0.6) is 0 Å². The van der Waals surface area contributed by atoms with Crippen LogP contribution in [-0.2, 0) is 9.57 Å². The predicted molar refractivity (Wildman–Crippen MR) is 64.4 cm³/mol. The largest absolute Gasteiger partial charge is 0.444 e. The number of rotatable bonds is 1. The summed E-state index contributed by atoms with van der Waals surface area (Å²) < 4.78 is 5.37. The van der Waals surface area contributed by atoms with Crippen molar-refractivity contribution in [2.24, 2.45) is 5.41 Å². The molecule has 0 aromatic rings. The highest BCUT2D eigenvalue weighted by molar-refractivity contribution is 5.69. The van der Waals surface area contributed by atoms with Crippen molar-refractivity contribution in [2.45, 2.75) is 32.4 Å². The van der Waals surface area contributed by atoms with E-state index in [1.807, 2.05) is 25.9 Å². The molecule has 102 valence electrons. The minimum absolute atomic E-state index is 0.198. The lowest BCUT2D eigenvalue weighted by atomic mass is 9.76. The number of ether oxygens (including phenoxy) is 1. The highest BCUT2D eigenvalue weighted by atomic mass is 16.7. The predicted octanol–water partition coefficient (Wildman–Crippen LogP) is 0.700. The van der Waals surface area contributed by atoms with E-state index < -0.39 is 5.60 Å². The summed E-state index contributed by atoms with van der Waals surface area (Å²) >= 11 is 0. The summed E-state index contributed by atoms with van der Waals surface area (Å²) in [6.07, 6.45) is -0.198. The maximum atomic E-state index is 11.9. The van der Waals surface area contributed by atoms with Gasteiger partial charge in [-0.1, -0.05) is 0 Å². The fourth-order valence-electron chi connectivity index (χ4n) is 3.20. The van der Waals surface area contributed by atoms with E-state index >= 15 is 0 Å². The lowest BCUT2D eigenvalue weighted by Gasteiger charge is -2.50. The van der Waals surface area contributed by atoms with Crippen LogP contribution < -0.4 is 0 Å². The Kier molecular flexibility index (Phi) is 2.43. The number of nitrogens with zero attached hydrogens (tertiary/aromatic N) is 3. The lowest BCUT2D eigenvalue weighted by Crippen LogP contribution is -2.67. The van der Waals surface area contributed by atoms with E-state index in [0.29, 0.717) is 6.04 Å². The first-order valence-electron chi connectivity index (χ1n) is 6.41. The van der Waals surface area contributed by atoms with Crippen molar-refractivity contribution in [3.63, 3.8) is 0 Å². The minimum Gasteiger partial charge on any atom is -0.444 e. The Hall–Kier alpha value is -0.850. The third-order valence-corrected chi connectivity index (χ3v) is 3.98. The number of hydrazine groups is 1. The highest BCUT2D eigenvalue weighted by Crippen LogP contribution is 2.49. The van der Waals surface area contributed by atoms with Crippen LogP contribution in [0.2, 0.25) is 0 Å². The molecule has 0 aromatic carbocycles. The molecule has 0 aliphatic carbocycles. The fraction of sp³-hybridized carbons (Fsp3) is 0.917. The number of likely N-dealkylation sites (tertiary alicyclic amines) is 1. The molecule has 0 N–H and O–H groups in total. The number of hydrogen-bond acceptors (Lipinski definition) is 5. The molecule has 4 rings (SSSR count). The molecule has 4 fully saturated rings. The van der Waals surface area contributed by atoms with E-state index in [1.165, 1.54) is 0 Å². The average molecular weight is 255 g/mol. The Morgan fingerprint density at radius 1 is 1.28 bits per heavy atom. The molecular weight excluding hydrogens is 234 g/mol. The first-order valence-corrected chi connectivity index (χ1v) is 6.41. The second kappa shape index (κ2) is 3.59. The molecule has 4 aliphatic heterocycles. The number of carbonyl (C=O) groups excluding carboxylic acids is 1. The molecule has 0 saturated carbocycles. The molecule has 4 saturated heterocycles. The van der Waals surface area contributed by atoms with Crippen molar-refractivity contribution in [1.82, 2.24) is 15.1 Å². The summed E-state index contributed by atoms with van der Waals surface area (Å²) in [5.74, 6) is 0. The lowest BCUT2D eigenvalue weighted by molar-refractivity contribution is -0.329. The monoisotopic (exact) mass is 255 g/mol. The SMILES string of the molecule is CON1C2CN1CC21CN(C(=O)OC(C)(C)C)C1. The highest BCUT2D eigenvalue weighted by Gasteiger charge is 2.66. The zero-order valence-electron chi connectivity index (χ0n) is 11.5. The molecule has 0 aromatic heterocycles. The van der Waals surface area contributed by atoms with Crippen LogP contribution in [0.1, 0.15) is 20.8 Å². The van der Waals surface area contributed by atoms with Gasteiger partial charge in [-0.15, -0.1) is 5.17 Å². The number of carbonyl (C=O) groups is 1. The molecule has 4 heterocycles. The first-order chi connectivity index (χ1) is 8.35. The molecule has 1 amide bonds. The Labute approximate surface area is 107 Å². The number of hydroxylamine groups is 1.